The molecule has 69 heavy (non-hydrogen) atoms. The van der Waals surface area contributed by atoms with E-state index in [4.69, 9.17) is 18.5 Å². The Morgan fingerprint density at radius 2 is 0.783 bits per heavy atom. The van der Waals surface area contributed by atoms with Gasteiger partial charge in [0.2, 0.25) is 0 Å². The Morgan fingerprint density at radius 1 is 0.449 bits per heavy atom. The first-order chi connectivity index (χ1) is 33.4. The summed E-state index contributed by atoms with van der Waals surface area (Å²) in [4.78, 5) is 35.9. The van der Waals surface area contributed by atoms with E-state index in [0.717, 1.165) is 70.6 Å². The van der Waals surface area contributed by atoms with E-state index in [0.29, 0.717) is 12.8 Å². The Hall–Kier alpha value is -1.93. The van der Waals surface area contributed by atoms with Crippen LogP contribution in [0, 0.1) is 0 Å². The number of unbranched alkanes of at least 4 members (excludes halogenated alkanes) is 29. The summed E-state index contributed by atoms with van der Waals surface area (Å²) in [6.07, 6.45) is 40.4. The van der Waals surface area contributed by atoms with Crippen molar-refractivity contribution in [2.75, 3.05) is 13.2 Å². The molecule has 0 aromatic carbocycles. The molecule has 14 heteroatoms. The maximum atomic E-state index is 12.9. The summed E-state index contributed by atoms with van der Waals surface area (Å²) in [7, 11) is -5.13. The van der Waals surface area contributed by atoms with Crippen molar-refractivity contribution in [3.63, 3.8) is 0 Å². The Balaban J connectivity index is 2.35. The zero-order chi connectivity index (χ0) is 50.6. The molecule has 0 aromatic heterocycles. The average molecular weight is 1000 g/mol. The Kier molecular flexibility index (Phi) is 42.2. The van der Waals surface area contributed by atoms with Crippen LogP contribution in [0.2, 0.25) is 0 Å². The zero-order valence-electron chi connectivity index (χ0n) is 43.4. The van der Waals surface area contributed by atoms with Gasteiger partial charge in [0.25, 0.3) is 0 Å². The van der Waals surface area contributed by atoms with Crippen LogP contribution in [0.1, 0.15) is 245 Å². The van der Waals surface area contributed by atoms with Gasteiger partial charge >= 0.3 is 19.8 Å². The molecular weight excluding hydrogens is 900 g/mol. The number of hydrogen-bond acceptors (Lipinski definition) is 12. The predicted octanol–water partition coefficient (Wildman–Crippen LogP) is 12.5. The van der Waals surface area contributed by atoms with Crippen LogP contribution in [-0.4, -0.2) is 98.3 Å². The van der Waals surface area contributed by atoms with Crippen molar-refractivity contribution >= 4 is 19.8 Å². The summed E-state index contributed by atoms with van der Waals surface area (Å²) in [5.41, 5.74) is 0. The van der Waals surface area contributed by atoms with E-state index in [9.17, 15) is 44.6 Å². The first-order valence-corrected chi connectivity index (χ1v) is 29.3. The first-order valence-electron chi connectivity index (χ1n) is 27.8. The minimum absolute atomic E-state index is 0.0946. The van der Waals surface area contributed by atoms with E-state index in [1.165, 1.54) is 135 Å². The molecule has 0 bridgehead atoms. The summed E-state index contributed by atoms with van der Waals surface area (Å²) in [6, 6.07) is 0. The third-order valence-electron chi connectivity index (χ3n) is 13.0. The van der Waals surface area contributed by atoms with E-state index in [-0.39, 0.29) is 12.8 Å². The highest BCUT2D eigenvalue weighted by molar-refractivity contribution is 7.47. The molecule has 0 radical (unpaired) electrons. The van der Waals surface area contributed by atoms with Crippen LogP contribution < -0.4 is 0 Å². The lowest BCUT2D eigenvalue weighted by molar-refractivity contribution is -0.220. The largest absolute Gasteiger partial charge is 0.472 e. The number of aliphatic hydroxyl groups is 5. The molecule has 1 aliphatic carbocycles. The van der Waals surface area contributed by atoms with Gasteiger partial charge in [0.15, 0.2) is 6.10 Å². The molecule has 0 spiro atoms. The normalized spacial score (nSPS) is 21.1. The minimum atomic E-state index is -5.13. The molecule has 1 fully saturated rings. The van der Waals surface area contributed by atoms with Crippen LogP contribution in [-0.2, 0) is 32.7 Å². The van der Waals surface area contributed by atoms with Crippen LogP contribution in [0.25, 0.3) is 0 Å². The summed E-state index contributed by atoms with van der Waals surface area (Å²) < 4.78 is 33.7. The summed E-state index contributed by atoms with van der Waals surface area (Å²) >= 11 is 0. The number of allylic oxidation sites excluding steroid dienone is 6. The second kappa shape index (κ2) is 44.7. The number of hydrogen-bond donors (Lipinski definition) is 6. The van der Waals surface area contributed by atoms with Crippen LogP contribution in [0.5, 0.6) is 0 Å². The molecule has 1 saturated carbocycles. The number of rotatable bonds is 47. The monoisotopic (exact) mass is 1000 g/mol. The molecule has 6 unspecified atom stereocenters. The lowest BCUT2D eigenvalue weighted by atomic mass is 9.85. The van der Waals surface area contributed by atoms with E-state index in [1.54, 1.807) is 0 Å². The van der Waals surface area contributed by atoms with Crippen LogP contribution >= 0.6 is 7.82 Å². The van der Waals surface area contributed by atoms with Gasteiger partial charge in [0, 0.05) is 12.8 Å². The maximum Gasteiger partial charge on any atom is 0.472 e. The average Bonchev–Trinajstić information content (AvgIpc) is 3.33. The molecule has 0 aliphatic heterocycles. The number of carbonyl (C=O) groups excluding carboxylic acids is 2. The van der Waals surface area contributed by atoms with Gasteiger partial charge in [0.05, 0.1) is 6.61 Å². The summed E-state index contributed by atoms with van der Waals surface area (Å²) in [5.74, 6) is -1.10. The molecule has 404 valence electrons. The molecular formula is C55H101O13P. The number of ether oxygens (including phenoxy) is 2. The molecule has 1 rings (SSSR count). The minimum Gasteiger partial charge on any atom is -0.462 e. The highest BCUT2D eigenvalue weighted by atomic mass is 31.2. The van der Waals surface area contributed by atoms with Gasteiger partial charge in [-0.3, -0.25) is 18.6 Å². The molecule has 6 N–H and O–H groups in total. The van der Waals surface area contributed by atoms with Crippen LogP contribution in [0.15, 0.2) is 36.5 Å². The predicted molar refractivity (Wildman–Crippen MR) is 277 cm³/mol. The molecule has 0 aromatic rings. The molecule has 6 atom stereocenters. The van der Waals surface area contributed by atoms with Gasteiger partial charge in [-0.1, -0.05) is 198 Å². The maximum absolute atomic E-state index is 12.9. The Morgan fingerprint density at radius 3 is 1.19 bits per heavy atom. The van der Waals surface area contributed by atoms with E-state index < -0.39 is 75.7 Å². The molecule has 0 saturated heterocycles. The lowest BCUT2D eigenvalue weighted by Crippen LogP contribution is -2.64. The summed E-state index contributed by atoms with van der Waals surface area (Å²) in [5, 5.41) is 50.3. The number of esters is 2. The van der Waals surface area contributed by atoms with Crippen LogP contribution in [0.4, 0.5) is 0 Å². The second-order valence-electron chi connectivity index (χ2n) is 19.4. The molecule has 0 amide bonds. The van der Waals surface area contributed by atoms with Crippen molar-refractivity contribution in [1.29, 1.82) is 0 Å². The third kappa shape index (κ3) is 36.6. The van der Waals surface area contributed by atoms with Gasteiger partial charge in [-0.2, -0.15) is 0 Å². The fraction of sp³-hybridized carbons (Fsp3) is 0.855. The van der Waals surface area contributed by atoms with E-state index in [2.05, 4.69) is 50.3 Å². The van der Waals surface area contributed by atoms with Gasteiger partial charge in [-0.15, -0.1) is 0 Å². The van der Waals surface area contributed by atoms with Crippen molar-refractivity contribution in [1.82, 2.24) is 0 Å². The zero-order valence-corrected chi connectivity index (χ0v) is 44.3. The number of phosphoric ester groups is 1. The quantitative estimate of drug-likeness (QED) is 0.0145. The highest BCUT2D eigenvalue weighted by Gasteiger charge is 2.51. The molecule has 1 aliphatic rings. The fourth-order valence-corrected chi connectivity index (χ4v) is 9.46. The SMILES string of the molecule is CCCCCCC/C=C\C/C=C\CCCCCCCCCCCCCC(=O)OC(COC(=O)CCCCCCCCC/C=C\CCCCCCCC)COP(=O)(O)OC1C(O)C(O)C(O)C(O)C1O. The first kappa shape index (κ1) is 65.1. The topological polar surface area (TPSA) is 210 Å². The standard InChI is InChI=1S/C55H101O13P/c1-3-5-7-9-11-13-15-17-19-21-22-23-24-25-26-28-30-32-34-36-38-40-42-44-49(57)67-47(46-66-69(63,64)68-55-53(61)51(59)50(58)52(60)54(55)62)45-65-48(56)43-41-39-37-35-33-31-29-27-20-18-16-14-12-10-8-6-4-2/h15,17-18,20-22,47,50-55,58-62H,3-14,16,19,23-46H2,1-2H3,(H,63,64)/b17-15-,20-18-,22-21-. The van der Waals surface area contributed by atoms with Crippen LogP contribution in [0.3, 0.4) is 0 Å². The number of aliphatic hydroxyl groups excluding tert-OH is 5. The Bertz CT molecular complexity index is 1340. The van der Waals surface area contributed by atoms with Gasteiger partial charge in [0.1, 0.15) is 43.2 Å². The molecule has 0 heterocycles. The van der Waals surface area contributed by atoms with Gasteiger partial charge < -0.3 is 39.9 Å². The Labute approximate surface area is 418 Å². The molecule has 13 nitrogen and oxygen atoms in total. The number of phosphoric acid groups is 1. The van der Waals surface area contributed by atoms with Crippen molar-refractivity contribution in [3.8, 4) is 0 Å². The third-order valence-corrected chi connectivity index (χ3v) is 13.9. The van der Waals surface area contributed by atoms with Crippen molar-refractivity contribution in [3.05, 3.63) is 36.5 Å². The van der Waals surface area contributed by atoms with Crippen molar-refractivity contribution in [2.24, 2.45) is 0 Å². The van der Waals surface area contributed by atoms with Gasteiger partial charge in [-0.05, 0) is 70.6 Å². The van der Waals surface area contributed by atoms with Gasteiger partial charge in [-0.25, -0.2) is 4.57 Å². The second-order valence-corrected chi connectivity index (χ2v) is 20.8. The fourth-order valence-electron chi connectivity index (χ4n) is 8.49. The summed E-state index contributed by atoms with van der Waals surface area (Å²) in [6.45, 7) is 3.32. The van der Waals surface area contributed by atoms with Crippen molar-refractivity contribution < 1.29 is 63.1 Å². The highest BCUT2D eigenvalue weighted by Crippen LogP contribution is 2.47. The van der Waals surface area contributed by atoms with Crippen molar-refractivity contribution in [2.45, 2.75) is 288 Å². The van der Waals surface area contributed by atoms with E-state index >= 15 is 0 Å². The smallest absolute Gasteiger partial charge is 0.462 e. The number of carbonyl (C=O) groups is 2. The van der Waals surface area contributed by atoms with E-state index in [1.807, 2.05) is 0 Å². The lowest BCUT2D eigenvalue weighted by Gasteiger charge is -2.41.